The van der Waals surface area contributed by atoms with Crippen LogP contribution in [0.5, 0.6) is 11.5 Å². The summed E-state index contributed by atoms with van der Waals surface area (Å²) in [5.74, 6) is 1.31. The van der Waals surface area contributed by atoms with Gasteiger partial charge in [-0.05, 0) is 52.7 Å². The zero-order valence-corrected chi connectivity index (χ0v) is 14.3. The monoisotopic (exact) mass is 343 g/mol. The van der Waals surface area contributed by atoms with Crippen LogP contribution in [0.1, 0.15) is 15.9 Å². The number of benzene rings is 3. The summed E-state index contributed by atoms with van der Waals surface area (Å²) >= 11 is 0. The van der Waals surface area contributed by atoms with Gasteiger partial charge in [-0.25, -0.2) is 0 Å². The molecule has 0 spiro atoms. The standard InChI is InChI=1S/C22H17NO3/c1-25-20-9-8-17-14-19(7-6-18(17)15-20)22(24)10-5-16-3-2-4-21(13-16)26-12-11-23/h2-10,13-15H,12H2,1H3/b10-5-. The van der Waals surface area contributed by atoms with E-state index in [0.29, 0.717) is 11.3 Å². The van der Waals surface area contributed by atoms with E-state index >= 15 is 0 Å². The van der Waals surface area contributed by atoms with Crippen LogP contribution in [0.3, 0.4) is 0 Å². The molecule has 0 saturated carbocycles. The highest BCUT2D eigenvalue weighted by atomic mass is 16.5. The van der Waals surface area contributed by atoms with Gasteiger partial charge in [0.1, 0.15) is 17.6 Å². The van der Waals surface area contributed by atoms with Crippen molar-refractivity contribution < 1.29 is 14.3 Å². The Hall–Kier alpha value is -3.58. The molecule has 0 fully saturated rings. The van der Waals surface area contributed by atoms with Crippen molar-refractivity contribution in [2.45, 2.75) is 0 Å². The molecule has 0 aliphatic heterocycles. The highest BCUT2D eigenvalue weighted by Crippen LogP contribution is 2.22. The van der Waals surface area contributed by atoms with E-state index in [1.54, 1.807) is 31.4 Å². The van der Waals surface area contributed by atoms with Crippen LogP contribution in [0.15, 0.2) is 66.7 Å². The van der Waals surface area contributed by atoms with Crippen LogP contribution in [-0.2, 0) is 0 Å². The number of allylic oxidation sites excluding steroid dienone is 1. The number of ketones is 1. The Kier molecular flexibility index (Phi) is 5.31. The van der Waals surface area contributed by atoms with Gasteiger partial charge in [0.2, 0.25) is 0 Å². The molecule has 0 heterocycles. The number of carbonyl (C=O) groups excluding carboxylic acids is 1. The van der Waals surface area contributed by atoms with Gasteiger partial charge in [-0.2, -0.15) is 5.26 Å². The first-order valence-corrected chi connectivity index (χ1v) is 8.09. The van der Waals surface area contributed by atoms with E-state index in [9.17, 15) is 4.79 Å². The molecule has 0 unspecified atom stereocenters. The molecule has 0 radical (unpaired) electrons. The summed E-state index contributed by atoms with van der Waals surface area (Å²) in [6, 6.07) is 20.5. The smallest absolute Gasteiger partial charge is 0.185 e. The summed E-state index contributed by atoms with van der Waals surface area (Å²) in [6.07, 6.45) is 3.27. The van der Waals surface area contributed by atoms with Gasteiger partial charge in [-0.1, -0.05) is 36.4 Å². The van der Waals surface area contributed by atoms with E-state index in [1.165, 1.54) is 6.08 Å². The number of hydrogen-bond acceptors (Lipinski definition) is 4. The van der Waals surface area contributed by atoms with Gasteiger partial charge < -0.3 is 9.47 Å². The Morgan fingerprint density at radius 1 is 1.04 bits per heavy atom. The Bertz CT molecular complexity index is 1020. The number of ether oxygens (including phenoxy) is 2. The normalized spacial score (nSPS) is 10.6. The maximum atomic E-state index is 12.5. The van der Waals surface area contributed by atoms with Crippen molar-refractivity contribution in [3.63, 3.8) is 0 Å². The van der Waals surface area contributed by atoms with Gasteiger partial charge in [-0.15, -0.1) is 0 Å². The summed E-state index contributed by atoms with van der Waals surface area (Å²) in [7, 11) is 1.63. The second-order valence-electron chi connectivity index (χ2n) is 5.64. The third-order valence-electron chi connectivity index (χ3n) is 3.92. The lowest BCUT2D eigenvalue weighted by Crippen LogP contribution is -1.95. The molecular formula is C22H17NO3. The molecule has 3 aromatic rings. The average molecular weight is 343 g/mol. The molecule has 0 aromatic heterocycles. The number of fused-ring (bicyclic) bond motifs is 1. The molecule has 3 rings (SSSR count). The molecule has 26 heavy (non-hydrogen) atoms. The molecule has 0 N–H and O–H groups in total. The van der Waals surface area contributed by atoms with E-state index < -0.39 is 0 Å². The molecule has 0 amide bonds. The van der Waals surface area contributed by atoms with Crippen LogP contribution >= 0.6 is 0 Å². The average Bonchev–Trinajstić information content (AvgIpc) is 2.70. The topological polar surface area (TPSA) is 59.3 Å². The highest BCUT2D eigenvalue weighted by molar-refractivity contribution is 6.08. The number of rotatable bonds is 6. The minimum absolute atomic E-state index is 0.00598. The number of carbonyl (C=O) groups is 1. The van der Waals surface area contributed by atoms with E-state index in [4.69, 9.17) is 14.7 Å². The van der Waals surface area contributed by atoms with Crippen molar-refractivity contribution in [1.29, 1.82) is 5.26 Å². The third kappa shape index (κ3) is 4.08. The predicted molar refractivity (Wildman–Crippen MR) is 101 cm³/mol. The fourth-order valence-electron chi connectivity index (χ4n) is 2.60. The Labute approximate surface area is 151 Å². The minimum atomic E-state index is -0.0777. The first-order valence-electron chi connectivity index (χ1n) is 8.09. The lowest BCUT2D eigenvalue weighted by atomic mass is 10.0. The van der Waals surface area contributed by atoms with E-state index in [0.717, 1.165) is 22.1 Å². The van der Waals surface area contributed by atoms with Crippen LogP contribution in [0.25, 0.3) is 16.8 Å². The van der Waals surface area contributed by atoms with Crippen LogP contribution in [0.4, 0.5) is 0 Å². The summed E-state index contributed by atoms with van der Waals surface area (Å²) in [5, 5.41) is 10.6. The number of nitrogens with zero attached hydrogens (tertiary/aromatic N) is 1. The third-order valence-corrected chi connectivity index (χ3v) is 3.92. The molecule has 0 aliphatic rings. The molecule has 4 heteroatoms. The first-order chi connectivity index (χ1) is 12.7. The summed E-state index contributed by atoms with van der Waals surface area (Å²) in [4.78, 5) is 12.5. The van der Waals surface area contributed by atoms with Gasteiger partial charge >= 0.3 is 0 Å². The minimum Gasteiger partial charge on any atom is -0.497 e. The van der Waals surface area contributed by atoms with Crippen LogP contribution < -0.4 is 9.47 Å². The van der Waals surface area contributed by atoms with Crippen LogP contribution in [0.2, 0.25) is 0 Å². The van der Waals surface area contributed by atoms with E-state index in [1.807, 2.05) is 48.5 Å². The lowest BCUT2D eigenvalue weighted by molar-refractivity contribution is 0.104. The molecule has 0 bridgehead atoms. The quantitative estimate of drug-likeness (QED) is 0.483. The molecule has 128 valence electrons. The van der Waals surface area contributed by atoms with Crippen molar-refractivity contribution in [3.8, 4) is 17.6 Å². The maximum Gasteiger partial charge on any atom is 0.185 e. The fraction of sp³-hybridized carbons (Fsp3) is 0.0909. The second kappa shape index (κ2) is 8.00. The second-order valence-corrected chi connectivity index (χ2v) is 5.64. The van der Waals surface area contributed by atoms with Gasteiger partial charge in [0, 0.05) is 5.56 Å². The maximum absolute atomic E-state index is 12.5. The Morgan fingerprint density at radius 2 is 1.85 bits per heavy atom. The van der Waals surface area contributed by atoms with Crippen LogP contribution in [0, 0.1) is 11.3 Å². The summed E-state index contributed by atoms with van der Waals surface area (Å²) < 4.78 is 10.5. The molecule has 0 atom stereocenters. The first kappa shape index (κ1) is 17.2. The zero-order valence-electron chi connectivity index (χ0n) is 14.3. The van der Waals surface area contributed by atoms with Crippen molar-refractivity contribution in [2.75, 3.05) is 13.7 Å². The highest BCUT2D eigenvalue weighted by Gasteiger charge is 2.04. The summed E-state index contributed by atoms with van der Waals surface area (Å²) in [6.45, 7) is -0.00598. The molecule has 3 aromatic carbocycles. The van der Waals surface area contributed by atoms with Crippen molar-refractivity contribution in [3.05, 3.63) is 77.9 Å². The molecule has 0 aliphatic carbocycles. The SMILES string of the molecule is COc1ccc2cc(C(=O)/C=C\c3cccc(OCC#N)c3)ccc2c1. The van der Waals surface area contributed by atoms with E-state index in [-0.39, 0.29) is 12.4 Å². The van der Waals surface area contributed by atoms with Gasteiger partial charge in [0.15, 0.2) is 12.4 Å². The van der Waals surface area contributed by atoms with Crippen molar-refractivity contribution in [1.82, 2.24) is 0 Å². The fourth-order valence-corrected chi connectivity index (χ4v) is 2.60. The van der Waals surface area contributed by atoms with Gasteiger partial charge in [-0.3, -0.25) is 4.79 Å². The molecule has 0 saturated heterocycles. The Morgan fingerprint density at radius 3 is 2.65 bits per heavy atom. The number of nitriles is 1. The van der Waals surface area contributed by atoms with E-state index in [2.05, 4.69) is 0 Å². The van der Waals surface area contributed by atoms with Crippen LogP contribution in [-0.4, -0.2) is 19.5 Å². The Balaban J connectivity index is 1.78. The van der Waals surface area contributed by atoms with Gasteiger partial charge in [0.25, 0.3) is 0 Å². The lowest BCUT2D eigenvalue weighted by Gasteiger charge is -2.04. The van der Waals surface area contributed by atoms with Crippen molar-refractivity contribution in [2.24, 2.45) is 0 Å². The molecule has 4 nitrogen and oxygen atoms in total. The largest absolute Gasteiger partial charge is 0.497 e. The van der Waals surface area contributed by atoms with Gasteiger partial charge in [0.05, 0.1) is 7.11 Å². The summed E-state index contributed by atoms with van der Waals surface area (Å²) in [5.41, 5.74) is 1.45. The molecular weight excluding hydrogens is 326 g/mol. The van der Waals surface area contributed by atoms with Crippen molar-refractivity contribution >= 4 is 22.6 Å². The predicted octanol–water partition coefficient (Wildman–Crippen LogP) is 4.65. The number of hydrogen-bond donors (Lipinski definition) is 0. The number of methoxy groups -OCH3 is 1. The zero-order chi connectivity index (χ0) is 18.4.